The molecule has 0 bridgehead atoms. The zero-order valence-corrected chi connectivity index (χ0v) is 10.6. The van der Waals surface area contributed by atoms with Crippen LogP contribution in [0.4, 0.5) is 4.79 Å². The van der Waals surface area contributed by atoms with E-state index in [9.17, 15) is 9.59 Å². The fourth-order valence-electron chi connectivity index (χ4n) is 1.48. The Morgan fingerprint density at radius 2 is 2.00 bits per heavy atom. The molecule has 0 spiro atoms. The Bertz CT molecular complexity index is 309. The van der Waals surface area contributed by atoms with E-state index in [1.54, 1.807) is 27.7 Å². The first-order chi connectivity index (χ1) is 7.70. The van der Waals surface area contributed by atoms with E-state index in [4.69, 9.17) is 14.6 Å². The first-order valence-electron chi connectivity index (χ1n) is 5.55. The standard InChI is InChI=1S/C11H19NO5/c1-7-6-16-8(9(13)14)5-12(7)10(15)17-11(2,3)4/h7-8H,5-6H2,1-4H3,(H,13,14)/t7-,8+/m0/s1. The number of carbonyl (C=O) groups is 2. The number of nitrogens with zero attached hydrogens (tertiary/aromatic N) is 1. The Morgan fingerprint density at radius 3 is 2.47 bits per heavy atom. The van der Waals surface area contributed by atoms with Crippen LogP contribution in [0, 0.1) is 0 Å². The number of carbonyl (C=O) groups excluding carboxylic acids is 1. The summed E-state index contributed by atoms with van der Waals surface area (Å²) in [6.07, 6.45) is -1.47. The van der Waals surface area contributed by atoms with Crippen LogP contribution >= 0.6 is 0 Å². The van der Waals surface area contributed by atoms with Gasteiger partial charge in [0, 0.05) is 0 Å². The lowest BCUT2D eigenvalue weighted by Gasteiger charge is -2.37. The first-order valence-corrected chi connectivity index (χ1v) is 5.55. The molecule has 1 rings (SSSR count). The maximum Gasteiger partial charge on any atom is 0.410 e. The molecular formula is C11H19NO5. The fourth-order valence-corrected chi connectivity index (χ4v) is 1.48. The highest BCUT2D eigenvalue weighted by molar-refractivity contribution is 5.75. The van der Waals surface area contributed by atoms with Gasteiger partial charge in [-0.05, 0) is 27.7 Å². The Balaban J connectivity index is 2.67. The molecule has 0 aliphatic carbocycles. The SMILES string of the molecule is C[C@H]1CO[C@@H](C(=O)O)CN1C(=O)OC(C)(C)C. The van der Waals surface area contributed by atoms with Crippen molar-refractivity contribution in [3.63, 3.8) is 0 Å². The third kappa shape index (κ3) is 3.89. The van der Waals surface area contributed by atoms with Gasteiger partial charge in [0.25, 0.3) is 0 Å². The van der Waals surface area contributed by atoms with Crippen LogP contribution in [0.3, 0.4) is 0 Å². The molecule has 0 aromatic carbocycles. The molecule has 1 saturated heterocycles. The predicted molar refractivity (Wildman–Crippen MR) is 59.8 cm³/mol. The van der Waals surface area contributed by atoms with Crippen molar-refractivity contribution in [1.29, 1.82) is 0 Å². The van der Waals surface area contributed by atoms with Crippen LogP contribution in [0.5, 0.6) is 0 Å². The van der Waals surface area contributed by atoms with E-state index in [1.807, 2.05) is 0 Å². The smallest absolute Gasteiger partial charge is 0.410 e. The number of rotatable bonds is 1. The largest absolute Gasteiger partial charge is 0.479 e. The van der Waals surface area contributed by atoms with Crippen LogP contribution in [0.2, 0.25) is 0 Å². The van der Waals surface area contributed by atoms with E-state index in [0.717, 1.165) is 0 Å². The average molecular weight is 245 g/mol. The first kappa shape index (κ1) is 13.8. The van der Waals surface area contributed by atoms with E-state index in [0.29, 0.717) is 0 Å². The van der Waals surface area contributed by atoms with E-state index < -0.39 is 23.8 Å². The Hall–Kier alpha value is -1.30. The van der Waals surface area contributed by atoms with E-state index in [-0.39, 0.29) is 19.2 Å². The summed E-state index contributed by atoms with van der Waals surface area (Å²) in [6.45, 7) is 7.32. The van der Waals surface area contributed by atoms with Crippen LogP contribution in [-0.4, -0.2) is 53.0 Å². The summed E-state index contributed by atoms with van der Waals surface area (Å²) in [5, 5.41) is 8.85. The van der Waals surface area contributed by atoms with Gasteiger partial charge in [0.05, 0.1) is 19.2 Å². The summed E-state index contributed by atoms with van der Waals surface area (Å²) < 4.78 is 10.3. The van der Waals surface area contributed by atoms with Crippen LogP contribution in [0.15, 0.2) is 0 Å². The summed E-state index contributed by atoms with van der Waals surface area (Å²) >= 11 is 0. The number of carboxylic acid groups (broad SMARTS) is 1. The molecule has 6 heteroatoms. The minimum atomic E-state index is -1.06. The second-order valence-electron chi connectivity index (χ2n) is 5.14. The van der Waals surface area contributed by atoms with E-state index >= 15 is 0 Å². The molecule has 98 valence electrons. The van der Waals surface area contributed by atoms with Crippen LogP contribution in [0.25, 0.3) is 0 Å². The molecule has 0 saturated carbocycles. The van der Waals surface area contributed by atoms with Crippen LogP contribution in [-0.2, 0) is 14.3 Å². The van der Waals surface area contributed by atoms with Gasteiger partial charge < -0.3 is 14.6 Å². The number of aliphatic carboxylic acids is 1. The van der Waals surface area contributed by atoms with Gasteiger partial charge in [0.1, 0.15) is 5.60 Å². The van der Waals surface area contributed by atoms with Crippen molar-refractivity contribution in [3.05, 3.63) is 0 Å². The van der Waals surface area contributed by atoms with Gasteiger partial charge >= 0.3 is 12.1 Å². The number of hydrogen-bond acceptors (Lipinski definition) is 4. The van der Waals surface area contributed by atoms with Crippen LogP contribution in [0.1, 0.15) is 27.7 Å². The molecule has 17 heavy (non-hydrogen) atoms. The molecule has 1 aliphatic rings. The maximum absolute atomic E-state index is 11.8. The minimum absolute atomic E-state index is 0.0193. The molecule has 6 nitrogen and oxygen atoms in total. The summed E-state index contributed by atoms with van der Waals surface area (Å²) in [7, 11) is 0. The third-order valence-corrected chi connectivity index (χ3v) is 2.34. The van der Waals surface area contributed by atoms with E-state index in [1.165, 1.54) is 4.90 Å². The molecule has 0 radical (unpaired) electrons. The molecule has 1 N–H and O–H groups in total. The van der Waals surface area contributed by atoms with Crippen molar-refractivity contribution in [3.8, 4) is 0 Å². The van der Waals surface area contributed by atoms with Crippen molar-refractivity contribution >= 4 is 12.1 Å². The van der Waals surface area contributed by atoms with Gasteiger partial charge in [-0.3, -0.25) is 4.90 Å². The lowest BCUT2D eigenvalue weighted by atomic mass is 10.2. The summed E-state index contributed by atoms with van der Waals surface area (Å²) in [6, 6.07) is -0.180. The summed E-state index contributed by atoms with van der Waals surface area (Å²) in [5.74, 6) is -1.06. The normalized spacial score (nSPS) is 25.5. The van der Waals surface area contributed by atoms with Gasteiger partial charge in [-0.1, -0.05) is 0 Å². The lowest BCUT2D eigenvalue weighted by molar-refractivity contribution is -0.158. The van der Waals surface area contributed by atoms with Crippen molar-refractivity contribution in [2.75, 3.05) is 13.2 Å². The van der Waals surface area contributed by atoms with Gasteiger partial charge in [-0.25, -0.2) is 9.59 Å². The van der Waals surface area contributed by atoms with Crippen molar-refractivity contribution in [2.45, 2.75) is 45.4 Å². The molecular weight excluding hydrogens is 226 g/mol. The highest BCUT2D eigenvalue weighted by Crippen LogP contribution is 2.16. The number of carboxylic acids is 1. The number of ether oxygens (including phenoxy) is 2. The van der Waals surface area contributed by atoms with Crippen molar-refractivity contribution < 1.29 is 24.2 Å². The highest BCUT2D eigenvalue weighted by Gasteiger charge is 2.35. The average Bonchev–Trinajstić information content (AvgIpc) is 2.14. The molecule has 1 aliphatic heterocycles. The Morgan fingerprint density at radius 1 is 1.41 bits per heavy atom. The van der Waals surface area contributed by atoms with Crippen molar-refractivity contribution in [2.24, 2.45) is 0 Å². The second-order valence-corrected chi connectivity index (χ2v) is 5.14. The molecule has 2 atom stereocenters. The van der Waals surface area contributed by atoms with E-state index in [2.05, 4.69) is 0 Å². The number of amides is 1. The zero-order valence-electron chi connectivity index (χ0n) is 10.6. The van der Waals surface area contributed by atoms with Gasteiger partial charge in [-0.15, -0.1) is 0 Å². The Kier molecular flexibility index (Phi) is 3.98. The summed E-state index contributed by atoms with van der Waals surface area (Å²) in [5.41, 5.74) is -0.589. The number of morpholine rings is 1. The predicted octanol–water partition coefficient (Wildman–Crippen LogP) is 1.10. The molecule has 1 fully saturated rings. The van der Waals surface area contributed by atoms with Gasteiger partial charge in [-0.2, -0.15) is 0 Å². The third-order valence-electron chi connectivity index (χ3n) is 2.34. The molecule has 0 aromatic rings. The summed E-state index contributed by atoms with van der Waals surface area (Å²) in [4.78, 5) is 24.1. The molecule has 1 heterocycles. The van der Waals surface area contributed by atoms with Crippen molar-refractivity contribution in [1.82, 2.24) is 4.90 Å². The topological polar surface area (TPSA) is 76.1 Å². The van der Waals surface area contributed by atoms with Gasteiger partial charge in [0.2, 0.25) is 0 Å². The molecule has 1 amide bonds. The molecule has 0 unspecified atom stereocenters. The van der Waals surface area contributed by atoms with Crippen LogP contribution < -0.4 is 0 Å². The highest BCUT2D eigenvalue weighted by atomic mass is 16.6. The zero-order chi connectivity index (χ0) is 13.2. The van der Waals surface area contributed by atoms with Gasteiger partial charge in [0.15, 0.2) is 6.10 Å². The fraction of sp³-hybridized carbons (Fsp3) is 0.818. The second kappa shape index (κ2) is 4.91. The quantitative estimate of drug-likeness (QED) is 0.748. The monoisotopic (exact) mass is 245 g/mol. The molecule has 0 aromatic heterocycles. The lowest BCUT2D eigenvalue weighted by Crippen LogP contribution is -2.54. The minimum Gasteiger partial charge on any atom is -0.479 e. The number of hydrogen-bond donors (Lipinski definition) is 1. The maximum atomic E-state index is 11.8. The Labute approximate surface area is 100 Å².